The van der Waals surface area contributed by atoms with E-state index in [1.165, 1.54) is 5.56 Å². The summed E-state index contributed by atoms with van der Waals surface area (Å²) >= 11 is 0. The topological polar surface area (TPSA) is 39.1 Å². The molecule has 0 amide bonds. The van der Waals surface area contributed by atoms with Gasteiger partial charge in [-0.15, -0.1) is 0 Å². The van der Waals surface area contributed by atoms with E-state index in [0.29, 0.717) is 0 Å². The molecule has 1 aromatic carbocycles. The Morgan fingerprint density at radius 1 is 1.33 bits per heavy atom. The van der Waals surface area contributed by atoms with Gasteiger partial charge < -0.3 is 10.1 Å². The van der Waals surface area contributed by atoms with Crippen LogP contribution >= 0.6 is 0 Å². The van der Waals surface area contributed by atoms with Gasteiger partial charge in [0.15, 0.2) is 0 Å². The summed E-state index contributed by atoms with van der Waals surface area (Å²) in [5.74, 6) is 0.881. The highest BCUT2D eigenvalue weighted by Crippen LogP contribution is 2.25. The van der Waals surface area contributed by atoms with E-state index in [4.69, 9.17) is 4.74 Å². The summed E-state index contributed by atoms with van der Waals surface area (Å²) in [6.07, 6.45) is 1.81. The number of methoxy groups -OCH3 is 1. The quantitative estimate of drug-likeness (QED) is 0.900. The van der Waals surface area contributed by atoms with Crippen LogP contribution in [0.2, 0.25) is 0 Å². The van der Waals surface area contributed by atoms with Crippen molar-refractivity contribution in [2.45, 2.75) is 19.9 Å². The maximum absolute atomic E-state index is 5.20. The molecule has 2 rings (SSSR count). The molecular weight excluding hydrogens is 226 g/mol. The maximum Gasteiger partial charge on any atom is 0.119 e. The van der Waals surface area contributed by atoms with Crippen molar-refractivity contribution < 1.29 is 4.74 Å². The Labute approximate surface area is 108 Å². The molecule has 1 atom stereocenters. The minimum Gasteiger partial charge on any atom is -0.497 e. The van der Waals surface area contributed by atoms with Crippen molar-refractivity contribution in [1.82, 2.24) is 9.78 Å². The number of rotatable bonds is 4. The lowest BCUT2D eigenvalue weighted by Gasteiger charge is -2.17. The van der Waals surface area contributed by atoms with Crippen molar-refractivity contribution in [3.8, 4) is 5.75 Å². The van der Waals surface area contributed by atoms with Gasteiger partial charge in [-0.05, 0) is 43.7 Å². The normalized spacial score (nSPS) is 12.2. The first-order chi connectivity index (χ1) is 8.61. The molecule has 18 heavy (non-hydrogen) atoms. The molecule has 96 valence electrons. The highest BCUT2D eigenvalue weighted by atomic mass is 16.5. The lowest BCUT2D eigenvalue weighted by atomic mass is 10.1. The molecule has 4 nitrogen and oxygen atoms in total. The van der Waals surface area contributed by atoms with E-state index < -0.39 is 0 Å². The molecule has 0 aliphatic heterocycles. The van der Waals surface area contributed by atoms with Crippen LogP contribution in [0.1, 0.15) is 24.2 Å². The number of hydrogen-bond donors (Lipinski definition) is 1. The number of ether oxygens (including phenoxy) is 1. The highest BCUT2D eigenvalue weighted by Gasteiger charge is 2.10. The minimum absolute atomic E-state index is 0.213. The minimum atomic E-state index is 0.213. The van der Waals surface area contributed by atoms with Crippen LogP contribution in [0.4, 0.5) is 5.69 Å². The summed E-state index contributed by atoms with van der Waals surface area (Å²) in [4.78, 5) is 0. The van der Waals surface area contributed by atoms with Crippen LogP contribution < -0.4 is 10.1 Å². The van der Waals surface area contributed by atoms with E-state index >= 15 is 0 Å². The van der Waals surface area contributed by atoms with Gasteiger partial charge in [-0.25, -0.2) is 0 Å². The zero-order chi connectivity index (χ0) is 13.1. The lowest BCUT2D eigenvalue weighted by Crippen LogP contribution is -2.12. The van der Waals surface area contributed by atoms with Gasteiger partial charge in [0.2, 0.25) is 0 Å². The van der Waals surface area contributed by atoms with Gasteiger partial charge in [0, 0.05) is 18.9 Å². The summed E-state index contributed by atoms with van der Waals surface area (Å²) < 4.78 is 7.09. The van der Waals surface area contributed by atoms with Gasteiger partial charge in [0.1, 0.15) is 5.75 Å². The van der Waals surface area contributed by atoms with Crippen LogP contribution in [0.25, 0.3) is 0 Å². The van der Waals surface area contributed by atoms with Crippen LogP contribution in [-0.2, 0) is 7.05 Å². The number of aromatic nitrogens is 2. The van der Waals surface area contributed by atoms with E-state index in [1.807, 2.05) is 42.2 Å². The van der Waals surface area contributed by atoms with E-state index in [0.717, 1.165) is 17.1 Å². The molecule has 0 radical (unpaired) electrons. The molecule has 2 aromatic rings. The molecule has 1 N–H and O–H groups in total. The molecule has 0 saturated carbocycles. The monoisotopic (exact) mass is 245 g/mol. The van der Waals surface area contributed by atoms with Crippen LogP contribution in [0.3, 0.4) is 0 Å². The summed E-state index contributed by atoms with van der Waals surface area (Å²) in [6, 6.07) is 8.27. The number of anilines is 1. The smallest absolute Gasteiger partial charge is 0.119 e. The Morgan fingerprint density at radius 3 is 2.67 bits per heavy atom. The van der Waals surface area contributed by atoms with Crippen LogP contribution in [0.15, 0.2) is 30.5 Å². The van der Waals surface area contributed by atoms with Crippen molar-refractivity contribution in [3.63, 3.8) is 0 Å². The van der Waals surface area contributed by atoms with Crippen LogP contribution in [-0.4, -0.2) is 16.9 Å². The number of nitrogens with one attached hydrogen (secondary N) is 1. The Balaban J connectivity index is 2.17. The fourth-order valence-electron chi connectivity index (χ4n) is 2.04. The average molecular weight is 245 g/mol. The Hall–Kier alpha value is -1.97. The highest BCUT2D eigenvalue weighted by molar-refractivity contribution is 5.54. The second-order valence-electron chi connectivity index (χ2n) is 4.43. The predicted molar refractivity (Wildman–Crippen MR) is 73.0 cm³/mol. The van der Waals surface area contributed by atoms with Crippen LogP contribution in [0.5, 0.6) is 5.75 Å². The largest absolute Gasteiger partial charge is 0.497 e. The van der Waals surface area contributed by atoms with Gasteiger partial charge >= 0.3 is 0 Å². The van der Waals surface area contributed by atoms with Gasteiger partial charge in [0.25, 0.3) is 0 Å². The van der Waals surface area contributed by atoms with E-state index in [2.05, 4.69) is 24.3 Å². The molecule has 0 spiro atoms. The number of benzene rings is 1. The first-order valence-electron chi connectivity index (χ1n) is 6.01. The van der Waals surface area contributed by atoms with Crippen LogP contribution in [0, 0.1) is 6.92 Å². The molecule has 0 saturated heterocycles. The predicted octanol–water partition coefficient (Wildman–Crippen LogP) is 2.91. The first kappa shape index (κ1) is 12.5. The Kier molecular flexibility index (Phi) is 3.55. The standard InChI is InChI=1S/C14H19N3O/c1-10-9-12(18-4)5-6-13(10)16-11(2)14-7-8-15-17(14)3/h5-9,11,16H,1-4H3. The van der Waals surface area contributed by atoms with Crippen molar-refractivity contribution in [2.24, 2.45) is 7.05 Å². The summed E-state index contributed by atoms with van der Waals surface area (Å²) in [7, 11) is 3.63. The molecule has 0 fully saturated rings. The number of aryl methyl sites for hydroxylation is 2. The molecule has 1 unspecified atom stereocenters. The zero-order valence-electron chi connectivity index (χ0n) is 11.3. The number of nitrogens with zero attached hydrogens (tertiary/aromatic N) is 2. The fourth-order valence-corrected chi connectivity index (χ4v) is 2.04. The van der Waals surface area contributed by atoms with Gasteiger partial charge in [-0.3, -0.25) is 4.68 Å². The third-order valence-corrected chi connectivity index (χ3v) is 3.11. The molecule has 1 heterocycles. The Bertz CT molecular complexity index is 534. The molecule has 0 aliphatic carbocycles. The molecule has 0 aliphatic rings. The summed E-state index contributed by atoms with van der Waals surface area (Å²) in [5.41, 5.74) is 3.44. The second-order valence-corrected chi connectivity index (χ2v) is 4.43. The summed E-state index contributed by atoms with van der Waals surface area (Å²) in [5, 5.41) is 7.67. The van der Waals surface area contributed by atoms with Crippen molar-refractivity contribution in [2.75, 3.05) is 12.4 Å². The van der Waals surface area contributed by atoms with Crippen molar-refractivity contribution in [3.05, 3.63) is 41.7 Å². The molecule has 4 heteroatoms. The Morgan fingerprint density at radius 2 is 2.11 bits per heavy atom. The van der Waals surface area contributed by atoms with E-state index in [1.54, 1.807) is 7.11 Å². The van der Waals surface area contributed by atoms with Gasteiger partial charge in [0.05, 0.1) is 18.8 Å². The molecule has 1 aromatic heterocycles. The SMILES string of the molecule is COc1ccc(NC(C)c2ccnn2C)c(C)c1. The zero-order valence-corrected chi connectivity index (χ0v) is 11.3. The first-order valence-corrected chi connectivity index (χ1v) is 6.01. The van der Waals surface area contributed by atoms with Crippen molar-refractivity contribution >= 4 is 5.69 Å². The maximum atomic E-state index is 5.20. The molecular formula is C14H19N3O. The van der Waals surface area contributed by atoms with Gasteiger partial charge in [-0.1, -0.05) is 0 Å². The second kappa shape index (κ2) is 5.12. The van der Waals surface area contributed by atoms with Gasteiger partial charge in [-0.2, -0.15) is 5.10 Å². The third-order valence-electron chi connectivity index (χ3n) is 3.11. The van der Waals surface area contributed by atoms with E-state index in [-0.39, 0.29) is 6.04 Å². The van der Waals surface area contributed by atoms with Crippen molar-refractivity contribution in [1.29, 1.82) is 0 Å². The molecule has 0 bridgehead atoms. The number of hydrogen-bond acceptors (Lipinski definition) is 3. The third kappa shape index (κ3) is 2.47. The summed E-state index contributed by atoms with van der Waals surface area (Å²) in [6.45, 7) is 4.20. The van der Waals surface area contributed by atoms with E-state index in [9.17, 15) is 0 Å². The average Bonchev–Trinajstić information content (AvgIpc) is 2.78. The fraction of sp³-hybridized carbons (Fsp3) is 0.357. The lowest BCUT2D eigenvalue weighted by molar-refractivity contribution is 0.414.